The van der Waals surface area contributed by atoms with Crippen LogP contribution < -0.4 is 9.47 Å². The summed E-state index contributed by atoms with van der Waals surface area (Å²) in [6, 6.07) is 12.7. The van der Waals surface area contributed by atoms with Gasteiger partial charge in [0.1, 0.15) is 11.5 Å². The Labute approximate surface area is 122 Å². The Bertz CT molecular complexity index is 601. The standard InChI is InChI=1S/C16H16O3S/c1-18-13-7-12(8-14(10-13)19-2)16(17)11-5-4-6-15(9-11)20-3/h4-10H,1-3H3. The summed E-state index contributed by atoms with van der Waals surface area (Å²) < 4.78 is 10.4. The van der Waals surface area contributed by atoms with Crippen LogP contribution in [0.25, 0.3) is 0 Å². The molecule has 0 spiro atoms. The van der Waals surface area contributed by atoms with Gasteiger partial charge in [-0.05, 0) is 30.5 Å². The first-order valence-electron chi connectivity index (χ1n) is 6.09. The van der Waals surface area contributed by atoms with Crippen LogP contribution in [0.15, 0.2) is 47.4 Å². The van der Waals surface area contributed by atoms with Crippen molar-refractivity contribution >= 4 is 17.5 Å². The zero-order chi connectivity index (χ0) is 14.5. The van der Waals surface area contributed by atoms with Crippen LogP contribution in [0.4, 0.5) is 0 Å². The van der Waals surface area contributed by atoms with Crippen molar-refractivity contribution in [3.05, 3.63) is 53.6 Å². The Morgan fingerprint density at radius 2 is 1.60 bits per heavy atom. The summed E-state index contributed by atoms with van der Waals surface area (Å²) in [7, 11) is 3.13. The average Bonchev–Trinajstić information content (AvgIpc) is 2.53. The summed E-state index contributed by atoms with van der Waals surface area (Å²) in [5.41, 5.74) is 1.21. The van der Waals surface area contributed by atoms with Crippen LogP contribution >= 0.6 is 11.8 Å². The third-order valence-corrected chi connectivity index (χ3v) is 3.67. The highest BCUT2D eigenvalue weighted by atomic mass is 32.2. The molecule has 2 rings (SSSR count). The van der Waals surface area contributed by atoms with E-state index in [1.807, 2.05) is 30.5 Å². The predicted molar refractivity (Wildman–Crippen MR) is 81.2 cm³/mol. The number of carbonyl (C=O) groups excluding carboxylic acids is 1. The van der Waals surface area contributed by atoms with Crippen LogP contribution in [0.1, 0.15) is 15.9 Å². The number of hydrogen-bond donors (Lipinski definition) is 0. The minimum Gasteiger partial charge on any atom is -0.497 e. The number of benzene rings is 2. The van der Waals surface area contributed by atoms with Crippen molar-refractivity contribution in [2.24, 2.45) is 0 Å². The lowest BCUT2D eigenvalue weighted by Gasteiger charge is -2.08. The summed E-state index contributed by atoms with van der Waals surface area (Å²) in [5, 5.41) is 0. The molecule has 0 aliphatic heterocycles. The Balaban J connectivity index is 2.41. The van der Waals surface area contributed by atoms with E-state index in [1.165, 1.54) is 0 Å². The summed E-state index contributed by atoms with van der Waals surface area (Å²) in [4.78, 5) is 13.6. The average molecular weight is 288 g/mol. The Morgan fingerprint density at radius 1 is 0.950 bits per heavy atom. The van der Waals surface area contributed by atoms with E-state index in [0.717, 1.165) is 4.90 Å². The first kappa shape index (κ1) is 14.5. The number of methoxy groups -OCH3 is 2. The lowest BCUT2D eigenvalue weighted by molar-refractivity contribution is 0.103. The van der Waals surface area contributed by atoms with E-state index in [9.17, 15) is 4.79 Å². The van der Waals surface area contributed by atoms with Gasteiger partial charge in [-0.3, -0.25) is 4.79 Å². The van der Waals surface area contributed by atoms with Crippen molar-refractivity contribution in [3.8, 4) is 11.5 Å². The van der Waals surface area contributed by atoms with Crippen molar-refractivity contribution in [3.63, 3.8) is 0 Å². The lowest BCUT2D eigenvalue weighted by Crippen LogP contribution is -2.02. The summed E-state index contributed by atoms with van der Waals surface area (Å²) in [5.74, 6) is 1.17. The Hall–Kier alpha value is -1.94. The molecule has 0 amide bonds. The molecule has 4 heteroatoms. The van der Waals surface area contributed by atoms with E-state index in [0.29, 0.717) is 22.6 Å². The smallest absolute Gasteiger partial charge is 0.193 e. The van der Waals surface area contributed by atoms with E-state index in [-0.39, 0.29) is 5.78 Å². The largest absolute Gasteiger partial charge is 0.497 e. The topological polar surface area (TPSA) is 35.5 Å². The molecular weight excluding hydrogens is 272 g/mol. The van der Waals surface area contributed by atoms with Crippen LogP contribution in [0, 0.1) is 0 Å². The van der Waals surface area contributed by atoms with Crippen LogP contribution in [0.5, 0.6) is 11.5 Å². The number of thioether (sulfide) groups is 1. The van der Waals surface area contributed by atoms with Crippen LogP contribution in [0.2, 0.25) is 0 Å². The predicted octanol–water partition coefficient (Wildman–Crippen LogP) is 3.66. The van der Waals surface area contributed by atoms with Gasteiger partial charge in [-0.25, -0.2) is 0 Å². The van der Waals surface area contributed by atoms with Crippen molar-refractivity contribution in [2.75, 3.05) is 20.5 Å². The SMILES string of the molecule is COc1cc(OC)cc(C(=O)c2cccc(SC)c2)c1. The fraction of sp³-hybridized carbons (Fsp3) is 0.188. The summed E-state index contributed by atoms with van der Waals surface area (Å²) in [6.45, 7) is 0. The third kappa shape index (κ3) is 3.14. The monoisotopic (exact) mass is 288 g/mol. The van der Waals surface area contributed by atoms with Gasteiger partial charge in [-0.15, -0.1) is 11.8 Å². The van der Waals surface area contributed by atoms with Gasteiger partial charge in [0.15, 0.2) is 5.78 Å². The van der Waals surface area contributed by atoms with Gasteiger partial charge < -0.3 is 9.47 Å². The number of ketones is 1. The number of carbonyl (C=O) groups is 1. The van der Waals surface area contributed by atoms with Crippen LogP contribution in [-0.4, -0.2) is 26.3 Å². The highest BCUT2D eigenvalue weighted by molar-refractivity contribution is 7.98. The zero-order valence-electron chi connectivity index (χ0n) is 11.7. The van der Waals surface area contributed by atoms with Crippen molar-refractivity contribution < 1.29 is 14.3 Å². The molecule has 2 aromatic rings. The summed E-state index contributed by atoms with van der Waals surface area (Å²) in [6.07, 6.45) is 1.98. The van der Waals surface area contributed by atoms with Gasteiger partial charge in [0, 0.05) is 22.1 Å². The minimum atomic E-state index is -0.0434. The zero-order valence-corrected chi connectivity index (χ0v) is 12.5. The highest BCUT2D eigenvalue weighted by Crippen LogP contribution is 2.25. The molecule has 0 saturated carbocycles. The molecule has 0 fully saturated rings. The molecule has 0 aliphatic rings. The maximum absolute atomic E-state index is 12.5. The van der Waals surface area contributed by atoms with E-state index in [2.05, 4.69) is 0 Å². The molecule has 104 valence electrons. The number of hydrogen-bond acceptors (Lipinski definition) is 4. The second-order valence-electron chi connectivity index (χ2n) is 4.16. The van der Waals surface area contributed by atoms with Gasteiger partial charge in [0.25, 0.3) is 0 Å². The normalized spacial score (nSPS) is 10.2. The van der Waals surface area contributed by atoms with Gasteiger partial charge in [-0.1, -0.05) is 12.1 Å². The fourth-order valence-electron chi connectivity index (χ4n) is 1.87. The van der Waals surface area contributed by atoms with Crippen LogP contribution in [0.3, 0.4) is 0 Å². The maximum atomic E-state index is 12.5. The molecule has 0 unspecified atom stereocenters. The first-order valence-corrected chi connectivity index (χ1v) is 7.32. The number of rotatable bonds is 5. The first-order chi connectivity index (χ1) is 9.67. The molecule has 0 N–H and O–H groups in total. The molecule has 2 aromatic carbocycles. The Kier molecular flexibility index (Phi) is 4.69. The molecule has 0 aromatic heterocycles. The molecule has 0 saturated heterocycles. The molecule has 3 nitrogen and oxygen atoms in total. The summed E-state index contributed by atoms with van der Waals surface area (Å²) >= 11 is 1.61. The van der Waals surface area contributed by atoms with Crippen molar-refractivity contribution in [2.45, 2.75) is 4.90 Å². The van der Waals surface area contributed by atoms with Crippen molar-refractivity contribution in [1.82, 2.24) is 0 Å². The van der Waals surface area contributed by atoms with E-state index >= 15 is 0 Å². The van der Waals surface area contributed by atoms with Crippen molar-refractivity contribution in [1.29, 1.82) is 0 Å². The minimum absolute atomic E-state index is 0.0434. The Morgan fingerprint density at radius 3 is 2.15 bits per heavy atom. The molecule has 0 heterocycles. The lowest BCUT2D eigenvalue weighted by atomic mass is 10.0. The molecule has 0 bridgehead atoms. The molecule has 0 radical (unpaired) electrons. The maximum Gasteiger partial charge on any atom is 0.193 e. The quantitative estimate of drug-likeness (QED) is 0.621. The molecule has 0 aliphatic carbocycles. The van der Waals surface area contributed by atoms with Gasteiger partial charge in [0.05, 0.1) is 14.2 Å². The number of ether oxygens (including phenoxy) is 2. The molecule has 20 heavy (non-hydrogen) atoms. The molecular formula is C16H16O3S. The van der Waals surface area contributed by atoms with E-state index in [1.54, 1.807) is 44.2 Å². The fourth-order valence-corrected chi connectivity index (χ4v) is 2.33. The second kappa shape index (κ2) is 6.48. The van der Waals surface area contributed by atoms with Gasteiger partial charge in [0.2, 0.25) is 0 Å². The van der Waals surface area contributed by atoms with E-state index < -0.39 is 0 Å². The van der Waals surface area contributed by atoms with E-state index in [4.69, 9.17) is 9.47 Å². The van der Waals surface area contributed by atoms with Gasteiger partial charge >= 0.3 is 0 Å². The van der Waals surface area contributed by atoms with Gasteiger partial charge in [-0.2, -0.15) is 0 Å². The second-order valence-corrected chi connectivity index (χ2v) is 5.04. The molecule has 0 atom stereocenters. The third-order valence-electron chi connectivity index (χ3n) is 2.95. The highest BCUT2D eigenvalue weighted by Gasteiger charge is 2.12. The van der Waals surface area contributed by atoms with Crippen LogP contribution in [-0.2, 0) is 0 Å².